The van der Waals surface area contributed by atoms with Gasteiger partial charge in [0.2, 0.25) is 5.91 Å². The normalized spacial score (nSPS) is 18.9. The maximum Gasteiger partial charge on any atom is 0.310 e. The van der Waals surface area contributed by atoms with Crippen LogP contribution in [0.25, 0.3) is 0 Å². The van der Waals surface area contributed by atoms with Crippen LogP contribution in [-0.2, 0) is 27.3 Å². The van der Waals surface area contributed by atoms with E-state index in [1.54, 1.807) is 16.2 Å². The fourth-order valence-corrected chi connectivity index (χ4v) is 3.02. The molecule has 0 aliphatic carbocycles. The van der Waals surface area contributed by atoms with Crippen LogP contribution in [-0.4, -0.2) is 43.5 Å². The lowest BCUT2D eigenvalue weighted by Gasteiger charge is -2.11. The van der Waals surface area contributed by atoms with Gasteiger partial charge in [0, 0.05) is 29.9 Å². The SMILES string of the molecule is COC(=O)Cc1ccc(CNC2CCN(C)C2=O)s1. The van der Waals surface area contributed by atoms with Crippen molar-refractivity contribution in [2.75, 3.05) is 20.7 Å². The summed E-state index contributed by atoms with van der Waals surface area (Å²) in [5, 5.41) is 3.26. The van der Waals surface area contributed by atoms with E-state index in [0.29, 0.717) is 13.0 Å². The predicted octanol–water partition coefficient (Wildman–Crippen LogP) is 0.784. The number of thiophene rings is 1. The Kier molecular flexibility index (Phi) is 4.55. The second-order valence-corrected chi connectivity index (χ2v) is 5.86. The van der Waals surface area contributed by atoms with Gasteiger partial charge in [0.1, 0.15) is 0 Å². The van der Waals surface area contributed by atoms with Crippen molar-refractivity contribution in [1.82, 2.24) is 10.2 Å². The van der Waals surface area contributed by atoms with Crippen LogP contribution in [0, 0.1) is 0 Å². The van der Waals surface area contributed by atoms with Gasteiger partial charge < -0.3 is 15.0 Å². The van der Waals surface area contributed by atoms with Crippen molar-refractivity contribution in [2.24, 2.45) is 0 Å². The summed E-state index contributed by atoms with van der Waals surface area (Å²) in [6.45, 7) is 1.48. The number of nitrogens with one attached hydrogen (secondary N) is 1. The summed E-state index contributed by atoms with van der Waals surface area (Å²) in [6.07, 6.45) is 1.17. The van der Waals surface area contributed by atoms with Gasteiger partial charge in [-0.05, 0) is 18.6 Å². The molecular weight excluding hydrogens is 264 g/mol. The Hall–Kier alpha value is -1.40. The van der Waals surface area contributed by atoms with Gasteiger partial charge in [-0.15, -0.1) is 11.3 Å². The highest BCUT2D eigenvalue weighted by atomic mass is 32.1. The first-order chi connectivity index (χ1) is 9.10. The zero-order valence-corrected chi connectivity index (χ0v) is 12.0. The summed E-state index contributed by atoms with van der Waals surface area (Å²) in [7, 11) is 3.21. The molecule has 1 amide bonds. The molecule has 5 nitrogen and oxygen atoms in total. The summed E-state index contributed by atoms with van der Waals surface area (Å²) < 4.78 is 4.63. The van der Waals surface area contributed by atoms with Crippen molar-refractivity contribution in [3.63, 3.8) is 0 Å². The summed E-state index contributed by atoms with van der Waals surface area (Å²) >= 11 is 1.57. The van der Waals surface area contributed by atoms with Gasteiger partial charge in [-0.3, -0.25) is 9.59 Å². The van der Waals surface area contributed by atoms with Crippen LogP contribution < -0.4 is 5.32 Å². The van der Waals surface area contributed by atoms with Gasteiger partial charge in [-0.2, -0.15) is 0 Å². The minimum atomic E-state index is -0.228. The number of ether oxygens (including phenoxy) is 1. The van der Waals surface area contributed by atoms with Crippen molar-refractivity contribution >= 4 is 23.2 Å². The predicted molar refractivity (Wildman–Crippen MR) is 72.9 cm³/mol. The Morgan fingerprint density at radius 1 is 1.53 bits per heavy atom. The molecule has 1 fully saturated rings. The number of hydrogen-bond acceptors (Lipinski definition) is 5. The highest BCUT2D eigenvalue weighted by molar-refractivity contribution is 7.12. The molecule has 0 saturated carbocycles. The van der Waals surface area contributed by atoms with Crippen LogP contribution in [0.3, 0.4) is 0 Å². The monoisotopic (exact) mass is 282 g/mol. The van der Waals surface area contributed by atoms with Gasteiger partial charge in [-0.1, -0.05) is 0 Å². The molecule has 1 N–H and O–H groups in total. The van der Waals surface area contributed by atoms with Crippen LogP contribution in [0.2, 0.25) is 0 Å². The van der Waals surface area contributed by atoms with E-state index in [1.165, 1.54) is 7.11 Å². The van der Waals surface area contributed by atoms with Crippen LogP contribution in [0.5, 0.6) is 0 Å². The molecule has 1 unspecified atom stereocenters. The molecular formula is C13H18N2O3S. The minimum Gasteiger partial charge on any atom is -0.469 e. The molecule has 19 heavy (non-hydrogen) atoms. The molecule has 1 saturated heterocycles. The Balaban J connectivity index is 1.83. The summed E-state index contributed by atoms with van der Waals surface area (Å²) in [6, 6.07) is 3.84. The van der Waals surface area contributed by atoms with E-state index in [2.05, 4.69) is 10.1 Å². The Morgan fingerprint density at radius 2 is 2.26 bits per heavy atom. The number of methoxy groups -OCH3 is 1. The zero-order valence-electron chi connectivity index (χ0n) is 11.1. The van der Waals surface area contributed by atoms with Crippen LogP contribution >= 0.6 is 11.3 Å². The van der Waals surface area contributed by atoms with Crippen LogP contribution in [0.1, 0.15) is 16.2 Å². The third-order valence-corrected chi connectivity index (χ3v) is 4.30. The molecule has 2 heterocycles. The molecule has 1 aromatic rings. The van der Waals surface area contributed by atoms with Gasteiger partial charge in [0.25, 0.3) is 0 Å². The van der Waals surface area contributed by atoms with Gasteiger partial charge in [0.15, 0.2) is 0 Å². The zero-order chi connectivity index (χ0) is 13.8. The molecule has 1 atom stereocenters. The molecule has 2 rings (SSSR count). The number of nitrogens with zero attached hydrogens (tertiary/aromatic N) is 1. The Labute approximate surface area is 116 Å². The first-order valence-electron chi connectivity index (χ1n) is 6.23. The highest BCUT2D eigenvalue weighted by Gasteiger charge is 2.28. The van der Waals surface area contributed by atoms with E-state index < -0.39 is 0 Å². The van der Waals surface area contributed by atoms with Crippen molar-refractivity contribution in [1.29, 1.82) is 0 Å². The van der Waals surface area contributed by atoms with E-state index in [1.807, 2.05) is 19.2 Å². The van der Waals surface area contributed by atoms with E-state index in [4.69, 9.17) is 0 Å². The molecule has 0 bridgehead atoms. The number of carbonyl (C=O) groups is 2. The van der Waals surface area contributed by atoms with Crippen LogP contribution in [0.15, 0.2) is 12.1 Å². The lowest BCUT2D eigenvalue weighted by Crippen LogP contribution is -2.36. The van der Waals surface area contributed by atoms with Gasteiger partial charge in [0.05, 0.1) is 19.6 Å². The molecule has 1 aliphatic rings. The average molecular weight is 282 g/mol. The number of likely N-dealkylation sites (tertiary alicyclic amines) is 1. The lowest BCUT2D eigenvalue weighted by molar-refractivity contribution is -0.139. The molecule has 1 aromatic heterocycles. The number of esters is 1. The third kappa shape index (κ3) is 3.54. The molecule has 0 aromatic carbocycles. The van der Waals surface area contributed by atoms with Crippen molar-refractivity contribution in [3.8, 4) is 0 Å². The van der Waals surface area contributed by atoms with Gasteiger partial charge >= 0.3 is 5.97 Å². The fraction of sp³-hybridized carbons (Fsp3) is 0.538. The topological polar surface area (TPSA) is 58.6 Å². The van der Waals surface area contributed by atoms with E-state index in [-0.39, 0.29) is 17.9 Å². The number of hydrogen-bond donors (Lipinski definition) is 1. The molecule has 104 valence electrons. The quantitative estimate of drug-likeness (QED) is 0.811. The summed E-state index contributed by atoms with van der Waals surface area (Å²) in [5.74, 6) is -0.0692. The molecule has 6 heteroatoms. The fourth-order valence-electron chi connectivity index (χ4n) is 2.06. The largest absolute Gasteiger partial charge is 0.469 e. The van der Waals surface area contributed by atoms with Gasteiger partial charge in [-0.25, -0.2) is 0 Å². The standard InChI is InChI=1S/C13H18N2O3S/c1-15-6-5-11(13(15)17)14-8-10-4-3-9(19-10)7-12(16)18-2/h3-4,11,14H,5-8H2,1-2H3. The second-order valence-electron chi connectivity index (χ2n) is 4.60. The number of likely N-dealkylation sites (N-methyl/N-ethyl adjacent to an activating group) is 1. The Bertz CT molecular complexity index is 472. The van der Waals surface area contributed by atoms with Crippen molar-refractivity contribution in [2.45, 2.75) is 25.4 Å². The number of rotatable bonds is 5. The molecule has 0 radical (unpaired) electrons. The lowest BCUT2D eigenvalue weighted by atomic mass is 10.2. The van der Waals surface area contributed by atoms with E-state index in [0.717, 1.165) is 22.7 Å². The molecule has 1 aliphatic heterocycles. The number of carbonyl (C=O) groups excluding carboxylic acids is 2. The van der Waals surface area contributed by atoms with Crippen LogP contribution in [0.4, 0.5) is 0 Å². The van der Waals surface area contributed by atoms with Crippen molar-refractivity contribution in [3.05, 3.63) is 21.9 Å². The number of amides is 1. The Morgan fingerprint density at radius 3 is 2.89 bits per heavy atom. The second kappa shape index (κ2) is 6.16. The summed E-state index contributed by atoms with van der Waals surface area (Å²) in [4.78, 5) is 26.7. The van der Waals surface area contributed by atoms with E-state index in [9.17, 15) is 9.59 Å². The third-order valence-electron chi connectivity index (χ3n) is 3.21. The first kappa shape index (κ1) is 14.0. The smallest absolute Gasteiger partial charge is 0.310 e. The molecule has 0 spiro atoms. The average Bonchev–Trinajstić information content (AvgIpc) is 2.96. The minimum absolute atomic E-state index is 0.0730. The maximum absolute atomic E-state index is 11.7. The summed E-state index contributed by atoms with van der Waals surface area (Å²) in [5.41, 5.74) is 0. The van der Waals surface area contributed by atoms with Crippen molar-refractivity contribution < 1.29 is 14.3 Å². The first-order valence-corrected chi connectivity index (χ1v) is 7.04. The maximum atomic E-state index is 11.7. The van der Waals surface area contributed by atoms with E-state index >= 15 is 0 Å². The highest BCUT2D eigenvalue weighted by Crippen LogP contribution is 2.18.